The molecule has 0 radical (unpaired) electrons. The van der Waals surface area contributed by atoms with Crippen molar-refractivity contribution in [1.29, 1.82) is 0 Å². The average molecular weight is 395 g/mol. The minimum Gasteiger partial charge on any atom is -0.339 e. The van der Waals surface area contributed by atoms with Gasteiger partial charge in [-0.15, -0.1) is 0 Å². The van der Waals surface area contributed by atoms with Crippen LogP contribution in [-0.4, -0.2) is 45.9 Å². The lowest BCUT2D eigenvalue weighted by Gasteiger charge is -2.33. The first kappa shape index (κ1) is 20.8. The van der Waals surface area contributed by atoms with Gasteiger partial charge in [0.15, 0.2) is 12.1 Å². The fourth-order valence-corrected chi connectivity index (χ4v) is 3.70. The Bertz CT molecular complexity index is 672. The van der Waals surface area contributed by atoms with Crippen molar-refractivity contribution in [1.82, 2.24) is 15.3 Å². The van der Waals surface area contributed by atoms with Gasteiger partial charge < -0.3 is 24.6 Å². The number of rotatable bonds is 10. The van der Waals surface area contributed by atoms with Gasteiger partial charge in [0.05, 0.1) is 12.9 Å². The number of hydrogen-bond acceptors (Lipinski definition) is 6. The summed E-state index contributed by atoms with van der Waals surface area (Å²) in [5.74, 6) is 0.136. The maximum atomic E-state index is 13.7. The number of fused-ring (bicyclic) bond motifs is 1. The normalized spacial score (nSPS) is 19.8. The lowest BCUT2D eigenvalue weighted by atomic mass is 10.1. The average Bonchev–Trinajstić information content (AvgIpc) is 3.03. The van der Waals surface area contributed by atoms with Crippen LogP contribution in [0.25, 0.3) is 0 Å². The van der Waals surface area contributed by atoms with Crippen LogP contribution in [0.5, 0.6) is 0 Å². The Morgan fingerprint density at radius 1 is 1.42 bits per heavy atom. The maximum Gasteiger partial charge on any atom is 0.397 e. The third kappa shape index (κ3) is 4.59. The van der Waals surface area contributed by atoms with Crippen molar-refractivity contribution >= 4 is 19.3 Å². The van der Waals surface area contributed by atoms with E-state index < -0.39 is 26.0 Å². The molecular formula is C14H24F2N5O4P. The molecule has 0 spiro atoms. The van der Waals surface area contributed by atoms with E-state index in [-0.39, 0.29) is 18.9 Å². The van der Waals surface area contributed by atoms with Crippen LogP contribution >= 0.6 is 7.60 Å². The zero-order valence-electron chi connectivity index (χ0n) is 14.5. The van der Waals surface area contributed by atoms with Crippen molar-refractivity contribution < 1.29 is 27.6 Å². The molecule has 2 heterocycles. The van der Waals surface area contributed by atoms with Gasteiger partial charge in [0.2, 0.25) is 0 Å². The zero-order valence-corrected chi connectivity index (χ0v) is 15.3. The summed E-state index contributed by atoms with van der Waals surface area (Å²) < 4.78 is 43.1. The highest BCUT2D eigenvalue weighted by Gasteiger charge is 2.50. The van der Waals surface area contributed by atoms with E-state index in [1.165, 1.54) is 13.3 Å². The molecule has 2 rings (SSSR count). The molecule has 2 atom stereocenters. The first-order valence-corrected chi connectivity index (χ1v) is 9.99. The first-order valence-electron chi connectivity index (χ1n) is 8.41. The zero-order chi connectivity index (χ0) is 19.4. The van der Waals surface area contributed by atoms with E-state index in [2.05, 4.69) is 19.8 Å². The lowest BCUT2D eigenvalue weighted by Crippen LogP contribution is -2.58. The molecule has 1 aromatic rings. The van der Waals surface area contributed by atoms with Crippen molar-refractivity contribution in [3.63, 3.8) is 0 Å². The summed E-state index contributed by atoms with van der Waals surface area (Å²) in [4.78, 5) is 29.5. The van der Waals surface area contributed by atoms with Gasteiger partial charge in [-0.3, -0.25) is 15.1 Å². The summed E-state index contributed by atoms with van der Waals surface area (Å²) in [6, 6.07) is 0. The Balaban J connectivity index is 1.74. The number of alkyl halides is 2. The number of hydrogen-bond donors (Lipinski definition) is 4. The number of H-pyrrole nitrogens is 1. The van der Waals surface area contributed by atoms with Crippen molar-refractivity contribution in [2.24, 2.45) is 5.73 Å². The van der Waals surface area contributed by atoms with Crippen LogP contribution in [0.3, 0.4) is 0 Å². The number of amides is 1. The minimum atomic E-state index is -4.93. The Morgan fingerprint density at radius 2 is 2.12 bits per heavy atom. The van der Waals surface area contributed by atoms with E-state index in [9.17, 15) is 23.0 Å². The van der Waals surface area contributed by atoms with Crippen LogP contribution in [0.2, 0.25) is 0 Å². The molecule has 0 aliphatic carbocycles. The number of nitrogens with zero attached hydrogens (tertiary/aromatic N) is 2. The summed E-state index contributed by atoms with van der Waals surface area (Å²) in [5.41, 5.74) is 2.48. The van der Waals surface area contributed by atoms with Gasteiger partial charge in [-0.2, -0.15) is 8.78 Å². The lowest BCUT2D eigenvalue weighted by molar-refractivity contribution is 0.0389. The van der Waals surface area contributed by atoms with Gasteiger partial charge in [0.1, 0.15) is 5.69 Å². The summed E-state index contributed by atoms with van der Waals surface area (Å²) in [6.45, 7) is 1.63. The van der Waals surface area contributed by atoms with Crippen LogP contribution in [0.4, 0.5) is 14.6 Å². The number of nitrogens with one attached hydrogen (secondary N) is 2. The van der Waals surface area contributed by atoms with Gasteiger partial charge in [-0.05, 0) is 19.8 Å². The SMILES string of the molecule is CCOP(=O)(O)C(F)(F)CCCCCCN1c2nc[nH]c2C(=O)NC1N. The number of aromatic nitrogens is 2. The standard InChI is InChI=1S/C14H24F2N5O4P/c1-2-25-26(23,24)14(15,16)7-5-3-4-6-8-21-11-10(18-9-19-11)12(22)20-13(21)17/h9,13H,2-8,17H2,1H3,(H,18,19)(H,20,22)(H,23,24). The molecule has 0 saturated heterocycles. The fourth-order valence-electron chi connectivity index (χ4n) is 2.72. The number of unbranched alkanes of at least 4 members (excludes halogenated alkanes) is 3. The highest BCUT2D eigenvalue weighted by molar-refractivity contribution is 7.54. The highest BCUT2D eigenvalue weighted by Crippen LogP contribution is 2.59. The number of nitrogens with two attached hydrogens (primary N) is 1. The van der Waals surface area contributed by atoms with Gasteiger partial charge in [-0.1, -0.05) is 12.8 Å². The van der Waals surface area contributed by atoms with Gasteiger partial charge >= 0.3 is 13.3 Å². The molecule has 0 aromatic carbocycles. The summed E-state index contributed by atoms with van der Waals surface area (Å²) in [6.07, 6.45) is 1.83. The third-order valence-corrected chi connectivity index (χ3v) is 5.74. The number of anilines is 1. The van der Waals surface area contributed by atoms with Crippen LogP contribution in [0.15, 0.2) is 6.33 Å². The topological polar surface area (TPSA) is 134 Å². The van der Waals surface area contributed by atoms with Crippen LogP contribution < -0.4 is 16.0 Å². The Kier molecular flexibility index (Phi) is 6.73. The molecule has 0 fully saturated rings. The molecule has 1 amide bonds. The largest absolute Gasteiger partial charge is 0.397 e. The minimum absolute atomic E-state index is 0.0983. The third-order valence-electron chi connectivity index (χ3n) is 4.08. The Morgan fingerprint density at radius 3 is 2.81 bits per heavy atom. The van der Waals surface area contributed by atoms with Crippen LogP contribution in [-0.2, 0) is 9.09 Å². The molecule has 0 saturated carbocycles. The summed E-state index contributed by atoms with van der Waals surface area (Å²) >= 11 is 0. The van der Waals surface area contributed by atoms with Crippen molar-refractivity contribution in [2.45, 2.75) is 51.0 Å². The first-order chi connectivity index (χ1) is 12.2. The second-order valence-electron chi connectivity index (χ2n) is 5.98. The number of halogens is 2. The van der Waals surface area contributed by atoms with E-state index in [1.54, 1.807) is 4.90 Å². The number of carbonyl (C=O) groups excluding carboxylic acids is 1. The molecule has 1 aliphatic heterocycles. The van der Waals surface area contributed by atoms with Gasteiger partial charge in [0, 0.05) is 13.0 Å². The van der Waals surface area contributed by atoms with E-state index in [0.29, 0.717) is 37.3 Å². The Labute approximate surface area is 149 Å². The molecule has 5 N–H and O–H groups in total. The van der Waals surface area contributed by atoms with Crippen LogP contribution in [0, 0.1) is 0 Å². The van der Waals surface area contributed by atoms with E-state index >= 15 is 0 Å². The van der Waals surface area contributed by atoms with Crippen molar-refractivity contribution in [2.75, 3.05) is 18.1 Å². The smallest absolute Gasteiger partial charge is 0.339 e. The monoisotopic (exact) mass is 395 g/mol. The van der Waals surface area contributed by atoms with E-state index in [4.69, 9.17) is 5.73 Å². The molecule has 12 heteroatoms. The van der Waals surface area contributed by atoms with Crippen molar-refractivity contribution in [3.8, 4) is 0 Å². The molecule has 2 unspecified atom stereocenters. The molecule has 0 bridgehead atoms. The van der Waals surface area contributed by atoms with Gasteiger partial charge in [0.25, 0.3) is 5.91 Å². The maximum absolute atomic E-state index is 13.7. The van der Waals surface area contributed by atoms with Crippen molar-refractivity contribution in [3.05, 3.63) is 12.0 Å². The number of imidazole rings is 1. The van der Waals surface area contributed by atoms with E-state index in [1.807, 2.05) is 0 Å². The van der Waals surface area contributed by atoms with Crippen LogP contribution in [0.1, 0.15) is 49.5 Å². The van der Waals surface area contributed by atoms with Gasteiger partial charge in [-0.25, -0.2) is 4.98 Å². The predicted octanol–water partition coefficient (Wildman–Crippen LogP) is 1.97. The number of aromatic amines is 1. The Hall–Kier alpha value is -1.55. The second kappa shape index (κ2) is 8.43. The fraction of sp³-hybridized carbons (Fsp3) is 0.714. The molecule has 1 aromatic heterocycles. The highest BCUT2D eigenvalue weighted by atomic mass is 31.2. The second-order valence-corrected chi connectivity index (χ2v) is 7.93. The van der Waals surface area contributed by atoms with E-state index in [0.717, 1.165) is 0 Å². The molecule has 26 heavy (non-hydrogen) atoms. The predicted molar refractivity (Wildman–Crippen MR) is 90.9 cm³/mol. The molecular weight excluding hydrogens is 371 g/mol. The number of carbonyl (C=O) groups is 1. The summed E-state index contributed by atoms with van der Waals surface area (Å²) in [7, 11) is -4.93. The molecule has 9 nitrogen and oxygen atoms in total. The quantitative estimate of drug-likeness (QED) is 0.351. The molecule has 1 aliphatic rings. The molecule has 148 valence electrons. The summed E-state index contributed by atoms with van der Waals surface area (Å²) in [5, 5.41) is 2.59.